The largest absolute Gasteiger partial charge is 0.395 e. The zero-order valence-corrected chi connectivity index (χ0v) is 11.9. The Kier molecular flexibility index (Phi) is 6.51. The van der Waals surface area contributed by atoms with Crippen LogP contribution in [-0.4, -0.2) is 57.3 Å². The molecule has 1 fully saturated rings. The Hall–Kier alpha value is -0.210. The van der Waals surface area contributed by atoms with Gasteiger partial charge in [-0.2, -0.15) is 17.4 Å². The van der Waals surface area contributed by atoms with E-state index < -0.39 is 16.3 Å². The van der Waals surface area contributed by atoms with Gasteiger partial charge in [-0.1, -0.05) is 6.92 Å². The molecule has 2 atom stereocenters. The Morgan fingerprint density at radius 1 is 1.56 bits per heavy atom. The number of piperidine rings is 1. The van der Waals surface area contributed by atoms with E-state index in [4.69, 9.17) is 9.84 Å². The van der Waals surface area contributed by atoms with E-state index in [-0.39, 0.29) is 6.61 Å². The molecular formula is C11H24N2O4S. The fraction of sp³-hybridized carbons (Fsp3) is 1.00. The summed E-state index contributed by atoms with van der Waals surface area (Å²) in [4.78, 5) is 0. The molecule has 0 aromatic rings. The van der Waals surface area contributed by atoms with Crippen LogP contribution in [0.4, 0.5) is 0 Å². The lowest BCUT2D eigenvalue weighted by molar-refractivity contribution is 0.165. The van der Waals surface area contributed by atoms with Crippen LogP contribution in [0.1, 0.15) is 26.2 Å². The molecule has 0 aromatic carbocycles. The molecule has 0 saturated carbocycles. The number of aliphatic hydroxyl groups excluding tert-OH is 1. The van der Waals surface area contributed by atoms with Crippen LogP contribution in [0.25, 0.3) is 0 Å². The van der Waals surface area contributed by atoms with E-state index in [2.05, 4.69) is 11.6 Å². The van der Waals surface area contributed by atoms with E-state index in [0.29, 0.717) is 32.0 Å². The van der Waals surface area contributed by atoms with Crippen molar-refractivity contribution in [3.63, 3.8) is 0 Å². The molecule has 18 heavy (non-hydrogen) atoms. The SMILES string of the molecule is COCCC(CO)NS(=O)(=O)N1CCCC(C)C1. The van der Waals surface area contributed by atoms with Crippen LogP contribution >= 0.6 is 0 Å². The first-order chi connectivity index (χ1) is 8.49. The Morgan fingerprint density at radius 2 is 2.28 bits per heavy atom. The van der Waals surface area contributed by atoms with Crippen molar-refractivity contribution >= 4 is 10.2 Å². The number of hydrogen-bond donors (Lipinski definition) is 2. The lowest BCUT2D eigenvalue weighted by Crippen LogP contribution is -2.49. The highest BCUT2D eigenvalue weighted by molar-refractivity contribution is 7.87. The molecule has 0 amide bonds. The zero-order chi connectivity index (χ0) is 13.6. The third kappa shape index (κ3) is 4.81. The van der Waals surface area contributed by atoms with Gasteiger partial charge < -0.3 is 9.84 Å². The van der Waals surface area contributed by atoms with Crippen molar-refractivity contribution in [2.45, 2.75) is 32.2 Å². The van der Waals surface area contributed by atoms with Crippen LogP contribution < -0.4 is 4.72 Å². The summed E-state index contributed by atoms with van der Waals surface area (Å²) in [5.41, 5.74) is 0. The van der Waals surface area contributed by atoms with Gasteiger partial charge in [-0.25, -0.2) is 0 Å². The predicted octanol–water partition coefficient (Wildman–Crippen LogP) is -0.0499. The summed E-state index contributed by atoms with van der Waals surface area (Å²) in [5, 5.41) is 9.17. The number of nitrogens with one attached hydrogen (secondary N) is 1. The first kappa shape index (κ1) is 15.8. The summed E-state index contributed by atoms with van der Waals surface area (Å²) < 4.78 is 33.1. The molecule has 2 unspecified atom stereocenters. The Balaban J connectivity index is 2.56. The maximum atomic E-state index is 12.1. The van der Waals surface area contributed by atoms with Gasteiger partial charge in [0.05, 0.1) is 6.61 Å². The van der Waals surface area contributed by atoms with E-state index >= 15 is 0 Å². The van der Waals surface area contributed by atoms with Crippen molar-refractivity contribution in [3.8, 4) is 0 Å². The van der Waals surface area contributed by atoms with Gasteiger partial charge in [0.25, 0.3) is 10.2 Å². The maximum absolute atomic E-state index is 12.1. The highest BCUT2D eigenvalue weighted by Gasteiger charge is 2.28. The van der Waals surface area contributed by atoms with Crippen LogP contribution in [0.15, 0.2) is 0 Å². The van der Waals surface area contributed by atoms with Gasteiger partial charge in [0.15, 0.2) is 0 Å². The minimum Gasteiger partial charge on any atom is -0.395 e. The topological polar surface area (TPSA) is 78.9 Å². The van der Waals surface area contributed by atoms with Crippen molar-refractivity contribution in [1.29, 1.82) is 0 Å². The molecule has 1 heterocycles. The Bertz CT molecular complexity index is 334. The molecule has 1 rings (SSSR count). The van der Waals surface area contributed by atoms with Gasteiger partial charge in [-0.05, 0) is 25.2 Å². The van der Waals surface area contributed by atoms with Crippen molar-refractivity contribution in [1.82, 2.24) is 9.03 Å². The van der Waals surface area contributed by atoms with Gasteiger partial charge in [-0.15, -0.1) is 0 Å². The lowest BCUT2D eigenvalue weighted by atomic mass is 10.0. The third-order valence-corrected chi connectivity index (χ3v) is 4.81. The van der Waals surface area contributed by atoms with Gasteiger partial charge >= 0.3 is 0 Å². The van der Waals surface area contributed by atoms with Crippen molar-refractivity contribution < 1.29 is 18.3 Å². The molecule has 0 aromatic heterocycles. The average Bonchev–Trinajstić information content (AvgIpc) is 2.34. The van der Waals surface area contributed by atoms with Gasteiger partial charge in [0.2, 0.25) is 0 Å². The van der Waals surface area contributed by atoms with Crippen LogP contribution in [0.5, 0.6) is 0 Å². The molecule has 2 N–H and O–H groups in total. The molecule has 1 aliphatic heterocycles. The number of methoxy groups -OCH3 is 1. The van der Waals surface area contributed by atoms with Crippen LogP contribution in [0.2, 0.25) is 0 Å². The van der Waals surface area contributed by atoms with Crippen molar-refractivity contribution in [2.24, 2.45) is 5.92 Å². The molecule has 108 valence electrons. The van der Waals surface area contributed by atoms with Crippen LogP contribution in [0.3, 0.4) is 0 Å². The summed E-state index contributed by atoms with van der Waals surface area (Å²) in [5.74, 6) is 0.391. The fourth-order valence-electron chi connectivity index (χ4n) is 2.10. The minimum atomic E-state index is -3.49. The first-order valence-corrected chi connectivity index (χ1v) is 7.80. The lowest BCUT2D eigenvalue weighted by Gasteiger charge is -2.31. The fourth-order valence-corrected chi connectivity index (χ4v) is 3.68. The molecule has 0 bridgehead atoms. The van der Waals surface area contributed by atoms with Gasteiger partial charge in [-0.3, -0.25) is 0 Å². The zero-order valence-electron chi connectivity index (χ0n) is 11.1. The van der Waals surface area contributed by atoms with E-state index in [9.17, 15) is 8.42 Å². The molecule has 1 aliphatic rings. The number of rotatable bonds is 7. The molecule has 6 nitrogen and oxygen atoms in total. The summed E-state index contributed by atoms with van der Waals surface area (Å²) in [6, 6.07) is -0.479. The number of nitrogens with zero attached hydrogens (tertiary/aromatic N) is 1. The monoisotopic (exact) mass is 280 g/mol. The second kappa shape index (κ2) is 7.40. The Labute approximate surface area is 109 Å². The molecule has 7 heteroatoms. The van der Waals surface area contributed by atoms with Gasteiger partial charge in [0.1, 0.15) is 0 Å². The van der Waals surface area contributed by atoms with E-state index in [1.54, 1.807) is 7.11 Å². The minimum absolute atomic E-state index is 0.216. The van der Waals surface area contributed by atoms with Crippen LogP contribution in [0, 0.1) is 5.92 Å². The van der Waals surface area contributed by atoms with E-state index in [1.807, 2.05) is 0 Å². The number of aliphatic hydroxyl groups is 1. The second-order valence-electron chi connectivity index (χ2n) is 4.89. The summed E-state index contributed by atoms with van der Waals surface area (Å²) in [6.07, 6.45) is 2.43. The standard InChI is InChI=1S/C11H24N2O4S/c1-10-4-3-6-13(8-10)18(15,16)12-11(9-14)5-7-17-2/h10-12,14H,3-9H2,1-2H3. The molecule has 1 saturated heterocycles. The smallest absolute Gasteiger partial charge is 0.279 e. The average molecular weight is 280 g/mol. The van der Waals surface area contributed by atoms with Crippen LogP contribution in [-0.2, 0) is 14.9 Å². The maximum Gasteiger partial charge on any atom is 0.279 e. The molecule has 0 radical (unpaired) electrons. The second-order valence-corrected chi connectivity index (χ2v) is 6.59. The normalized spacial score (nSPS) is 24.1. The highest BCUT2D eigenvalue weighted by atomic mass is 32.2. The molecular weight excluding hydrogens is 256 g/mol. The van der Waals surface area contributed by atoms with E-state index in [1.165, 1.54) is 4.31 Å². The first-order valence-electron chi connectivity index (χ1n) is 6.36. The number of hydrogen-bond acceptors (Lipinski definition) is 4. The quantitative estimate of drug-likeness (QED) is 0.685. The summed E-state index contributed by atoms with van der Waals surface area (Å²) in [6.45, 7) is 3.37. The highest BCUT2D eigenvalue weighted by Crippen LogP contribution is 2.17. The van der Waals surface area contributed by atoms with Crippen molar-refractivity contribution in [2.75, 3.05) is 33.4 Å². The van der Waals surface area contributed by atoms with E-state index in [0.717, 1.165) is 12.8 Å². The number of ether oxygens (including phenoxy) is 1. The summed E-state index contributed by atoms with van der Waals surface area (Å²) in [7, 11) is -1.94. The summed E-state index contributed by atoms with van der Waals surface area (Å²) >= 11 is 0. The Morgan fingerprint density at radius 3 is 2.83 bits per heavy atom. The van der Waals surface area contributed by atoms with Crippen molar-refractivity contribution in [3.05, 3.63) is 0 Å². The predicted molar refractivity (Wildman–Crippen MR) is 69.4 cm³/mol. The molecule has 0 aliphatic carbocycles. The third-order valence-electron chi connectivity index (χ3n) is 3.17. The van der Waals surface area contributed by atoms with Gasteiger partial charge in [0, 0.05) is 32.8 Å². The molecule has 0 spiro atoms.